The van der Waals surface area contributed by atoms with Gasteiger partial charge in [0.25, 0.3) is 0 Å². The van der Waals surface area contributed by atoms with Crippen LogP contribution in [0, 0.1) is 10.2 Å². The van der Waals surface area contributed by atoms with Crippen LogP contribution in [0.2, 0.25) is 5.02 Å². The highest BCUT2D eigenvalue weighted by Crippen LogP contribution is 2.26. The molecule has 1 aromatic heterocycles. The van der Waals surface area contributed by atoms with Crippen LogP contribution in [0.15, 0.2) is 65.2 Å². The van der Waals surface area contributed by atoms with Crippen LogP contribution in [0.4, 0.5) is 6.01 Å². The van der Waals surface area contributed by atoms with E-state index in [-0.39, 0.29) is 0 Å². The zero-order valence-corrected chi connectivity index (χ0v) is 17.0. The Bertz CT molecular complexity index is 899. The number of piperidine rings is 1. The quantitative estimate of drug-likeness (QED) is 0.536. The Balaban J connectivity index is 0.000000431. The second-order valence-electron chi connectivity index (χ2n) is 6.52. The Labute approximate surface area is 175 Å². The van der Waals surface area contributed by atoms with Gasteiger partial charge in [-0.1, -0.05) is 41.9 Å². The van der Waals surface area contributed by atoms with Crippen molar-refractivity contribution >= 4 is 17.6 Å². The van der Waals surface area contributed by atoms with Crippen molar-refractivity contribution in [2.24, 2.45) is 0 Å². The average molecular weight is 439 g/mol. The highest BCUT2D eigenvalue weighted by atomic mass is 35.7. The van der Waals surface area contributed by atoms with Crippen LogP contribution in [0.5, 0.6) is 0 Å². The zero-order chi connectivity index (χ0) is 20.9. The van der Waals surface area contributed by atoms with E-state index in [9.17, 15) is 0 Å². The molecule has 2 heterocycles. The Morgan fingerprint density at radius 2 is 1.45 bits per heavy atom. The number of hydrogen-bond donors (Lipinski definition) is 0. The van der Waals surface area contributed by atoms with E-state index in [1.54, 1.807) is 0 Å². The first-order valence-electron chi connectivity index (χ1n) is 9.05. The molecule has 0 amide bonds. The van der Waals surface area contributed by atoms with Crippen molar-refractivity contribution in [1.82, 2.24) is 0 Å². The SMILES string of the molecule is Clc1ccc(-[n+]2cc(-c3ccccc3)oc2N2CCCCC2)cc1.[O-][Cl+3]([O-])([O-])[O-]. The molecular formula is C20H20Cl2N2O5. The van der Waals surface area contributed by atoms with E-state index in [2.05, 4.69) is 27.8 Å². The molecule has 0 radical (unpaired) electrons. The van der Waals surface area contributed by atoms with Crippen molar-refractivity contribution in [2.45, 2.75) is 19.3 Å². The monoisotopic (exact) mass is 438 g/mol. The summed E-state index contributed by atoms with van der Waals surface area (Å²) in [5.41, 5.74) is 2.15. The molecule has 0 unspecified atom stereocenters. The second kappa shape index (κ2) is 9.58. The molecule has 1 fully saturated rings. The molecule has 1 aliphatic rings. The van der Waals surface area contributed by atoms with Crippen molar-refractivity contribution in [3.8, 4) is 17.0 Å². The predicted molar refractivity (Wildman–Crippen MR) is 96.8 cm³/mol. The maximum Gasteiger partial charge on any atom is 0.462 e. The van der Waals surface area contributed by atoms with Crippen LogP contribution in [0.3, 0.4) is 0 Å². The smallest absolute Gasteiger partial charge is 0.387 e. The lowest BCUT2D eigenvalue weighted by Gasteiger charge is -2.19. The summed E-state index contributed by atoms with van der Waals surface area (Å²) >= 11 is 6.05. The molecule has 0 atom stereocenters. The summed E-state index contributed by atoms with van der Waals surface area (Å²) in [7, 11) is -4.94. The topological polar surface area (TPSA) is 112 Å². The Kier molecular flexibility index (Phi) is 7.13. The molecule has 4 rings (SSSR count). The largest absolute Gasteiger partial charge is 0.462 e. The van der Waals surface area contributed by atoms with Crippen molar-refractivity contribution in [2.75, 3.05) is 18.0 Å². The zero-order valence-electron chi connectivity index (χ0n) is 15.5. The summed E-state index contributed by atoms with van der Waals surface area (Å²) in [4.78, 5) is 2.34. The first-order chi connectivity index (χ1) is 13.8. The third kappa shape index (κ3) is 6.43. The average Bonchev–Trinajstić information content (AvgIpc) is 3.14. The lowest BCUT2D eigenvalue weighted by molar-refractivity contribution is -2.00. The summed E-state index contributed by atoms with van der Waals surface area (Å²) in [6.07, 6.45) is 5.79. The molecule has 2 aromatic carbocycles. The van der Waals surface area contributed by atoms with E-state index >= 15 is 0 Å². The van der Waals surface area contributed by atoms with Crippen molar-refractivity contribution in [3.05, 3.63) is 65.8 Å². The minimum Gasteiger partial charge on any atom is -0.387 e. The van der Waals surface area contributed by atoms with Crippen LogP contribution >= 0.6 is 11.6 Å². The van der Waals surface area contributed by atoms with Gasteiger partial charge in [0.1, 0.15) is 11.9 Å². The van der Waals surface area contributed by atoms with E-state index in [0.29, 0.717) is 0 Å². The maximum atomic E-state index is 8.49. The van der Waals surface area contributed by atoms with Crippen LogP contribution in [0.1, 0.15) is 19.3 Å². The first-order valence-corrected chi connectivity index (χ1v) is 10.7. The highest BCUT2D eigenvalue weighted by molar-refractivity contribution is 6.30. The van der Waals surface area contributed by atoms with Gasteiger partial charge in [-0.3, -0.25) is 0 Å². The van der Waals surface area contributed by atoms with Crippen LogP contribution in [-0.2, 0) is 0 Å². The number of rotatable bonds is 3. The van der Waals surface area contributed by atoms with Gasteiger partial charge in [-0.2, -0.15) is 4.57 Å². The second-order valence-corrected chi connectivity index (χ2v) is 7.71. The van der Waals surface area contributed by atoms with E-state index in [0.717, 1.165) is 41.1 Å². The standard InChI is InChI=1S/C20H20ClN2O.ClHO4/c21-17-9-11-18(12-10-17)23-15-19(16-7-3-1-4-8-16)24-20(23)22-13-5-2-6-14-22;2-1(3,4)5/h1,3-4,7-12,15H,2,5-6,13-14H2;(H,2,3,4,5)/q+1;/p-1. The maximum absolute atomic E-state index is 8.49. The van der Waals surface area contributed by atoms with Crippen molar-refractivity contribution in [1.29, 1.82) is 0 Å². The number of anilines is 1. The van der Waals surface area contributed by atoms with E-state index in [1.165, 1.54) is 19.3 Å². The molecule has 1 aliphatic heterocycles. The summed E-state index contributed by atoms with van der Waals surface area (Å²) in [6, 6.07) is 19.0. The van der Waals surface area contributed by atoms with Gasteiger partial charge in [-0.05, 0) is 43.5 Å². The van der Waals surface area contributed by atoms with Gasteiger partial charge in [0, 0.05) is 10.6 Å². The fourth-order valence-electron chi connectivity index (χ4n) is 3.17. The lowest BCUT2D eigenvalue weighted by atomic mass is 10.1. The van der Waals surface area contributed by atoms with E-state index in [1.807, 2.05) is 42.5 Å². The number of benzene rings is 2. The third-order valence-electron chi connectivity index (χ3n) is 4.44. The van der Waals surface area contributed by atoms with Crippen LogP contribution in [0.25, 0.3) is 17.0 Å². The normalized spacial score (nSPS) is 14.3. The number of oxazole rings is 1. The fourth-order valence-corrected chi connectivity index (χ4v) is 3.30. The Morgan fingerprint density at radius 3 is 2.03 bits per heavy atom. The number of aromatic nitrogens is 1. The van der Waals surface area contributed by atoms with Crippen LogP contribution in [-0.4, -0.2) is 13.1 Å². The molecule has 1 saturated heterocycles. The lowest BCUT2D eigenvalue weighted by Crippen LogP contribution is -2.68. The molecule has 0 N–H and O–H groups in total. The first kappa shape index (κ1) is 21.6. The molecule has 7 nitrogen and oxygen atoms in total. The van der Waals surface area contributed by atoms with Crippen molar-refractivity contribution < 1.29 is 37.9 Å². The predicted octanol–water partition coefficient (Wildman–Crippen LogP) is 0.111. The van der Waals surface area contributed by atoms with E-state index < -0.39 is 10.2 Å². The van der Waals surface area contributed by atoms with Crippen LogP contribution < -0.4 is 28.1 Å². The van der Waals surface area contributed by atoms with E-state index in [4.69, 9.17) is 34.7 Å². The molecule has 3 aromatic rings. The van der Waals surface area contributed by atoms with Gasteiger partial charge in [-0.25, -0.2) is 23.5 Å². The van der Waals surface area contributed by atoms with Gasteiger partial charge in [0.15, 0.2) is 5.76 Å². The summed E-state index contributed by atoms with van der Waals surface area (Å²) in [5, 5.41) is 0.741. The minimum atomic E-state index is -4.94. The summed E-state index contributed by atoms with van der Waals surface area (Å²) in [6.45, 7) is 2.07. The summed E-state index contributed by atoms with van der Waals surface area (Å²) in [5.74, 6) is 0.881. The molecule has 9 heteroatoms. The van der Waals surface area contributed by atoms with Gasteiger partial charge < -0.3 is 4.42 Å². The third-order valence-corrected chi connectivity index (χ3v) is 4.70. The number of hydrogen-bond acceptors (Lipinski definition) is 6. The fraction of sp³-hybridized carbons (Fsp3) is 0.250. The molecular weight excluding hydrogens is 419 g/mol. The molecule has 0 bridgehead atoms. The number of halogens is 2. The van der Waals surface area contributed by atoms with Gasteiger partial charge >= 0.3 is 6.01 Å². The molecule has 0 spiro atoms. The Morgan fingerprint density at radius 1 is 0.862 bits per heavy atom. The van der Waals surface area contributed by atoms with Gasteiger partial charge in [0.05, 0.1) is 13.1 Å². The van der Waals surface area contributed by atoms with Gasteiger partial charge in [0.2, 0.25) is 0 Å². The van der Waals surface area contributed by atoms with Gasteiger partial charge in [-0.15, -0.1) is 10.2 Å². The number of nitrogens with zero attached hydrogens (tertiary/aromatic N) is 2. The Hall–Kier alpha value is -2.13. The molecule has 0 aliphatic carbocycles. The molecule has 0 saturated carbocycles. The highest BCUT2D eigenvalue weighted by Gasteiger charge is 2.29. The molecule has 29 heavy (non-hydrogen) atoms. The van der Waals surface area contributed by atoms with Crippen molar-refractivity contribution in [3.63, 3.8) is 0 Å². The summed E-state index contributed by atoms with van der Waals surface area (Å²) < 4.78 is 42.4. The minimum absolute atomic E-state index is 0.741. The molecule has 154 valence electrons.